The Morgan fingerprint density at radius 3 is 2.69 bits per heavy atom. The lowest BCUT2D eigenvalue weighted by Gasteiger charge is -2.21. The number of amides is 2. The molecule has 2 aromatic rings. The highest BCUT2D eigenvalue weighted by Gasteiger charge is 2.23. The number of nitrogens with one attached hydrogen (secondary N) is 2. The average molecular weight is 401 g/mol. The first kappa shape index (κ1) is 21.3. The fourth-order valence-electron chi connectivity index (χ4n) is 3.81. The van der Waals surface area contributed by atoms with Crippen LogP contribution in [-0.2, 0) is 16.1 Å². The van der Waals surface area contributed by atoms with Gasteiger partial charge in [0.1, 0.15) is 0 Å². The normalized spacial score (nSPS) is 15.0. The topological polar surface area (TPSA) is 85.2 Å². The molecule has 7 heteroatoms. The number of benzene rings is 1. The molecule has 1 aliphatic rings. The molecular weight excluding hydrogens is 368 g/mol. The van der Waals surface area contributed by atoms with Crippen molar-refractivity contribution in [2.75, 3.05) is 25.6 Å². The summed E-state index contributed by atoms with van der Waals surface area (Å²) in [7, 11) is 1.65. The van der Waals surface area contributed by atoms with Gasteiger partial charge in [0, 0.05) is 31.8 Å². The van der Waals surface area contributed by atoms with E-state index in [9.17, 15) is 9.59 Å². The van der Waals surface area contributed by atoms with Crippen LogP contribution in [0.4, 0.5) is 5.69 Å². The standard InChI is InChI=1S/C22H32N4O3/c1-15(2)13-23-22(28)18-11-17(25-21(27)16-7-5-4-6-8-16)12-19-20(18)26(14-24-19)9-10-29-3/h11-12,14-16H,4-10,13H2,1-3H3,(H,23,28)(H,25,27). The monoisotopic (exact) mass is 400 g/mol. The highest BCUT2D eigenvalue weighted by molar-refractivity contribution is 6.07. The van der Waals surface area contributed by atoms with E-state index >= 15 is 0 Å². The molecule has 0 radical (unpaired) electrons. The molecule has 0 bridgehead atoms. The summed E-state index contributed by atoms with van der Waals surface area (Å²) in [5, 5.41) is 6.01. The van der Waals surface area contributed by atoms with Crippen LogP contribution < -0.4 is 10.6 Å². The van der Waals surface area contributed by atoms with Crippen molar-refractivity contribution in [2.24, 2.45) is 11.8 Å². The van der Waals surface area contributed by atoms with Crippen LogP contribution in [0.25, 0.3) is 11.0 Å². The number of methoxy groups -OCH3 is 1. The number of rotatable bonds is 8. The minimum absolute atomic E-state index is 0.0383. The molecule has 2 amide bonds. The summed E-state index contributed by atoms with van der Waals surface area (Å²) >= 11 is 0. The largest absolute Gasteiger partial charge is 0.383 e. The van der Waals surface area contributed by atoms with Crippen LogP contribution in [0.2, 0.25) is 0 Å². The molecule has 7 nitrogen and oxygen atoms in total. The van der Waals surface area contributed by atoms with E-state index in [0.717, 1.165) is 31.2 Å². The van der Waals surface area contributed by atoms with Crippen molar-refractivity contribution in [2.45, 2.75) is 52.5 Å². The van der Waals surface area contributed by atoms with Crippen molar-refractivity contribution >= 4 is 28.5 Å². The van der Waals surface area contributed by atoms with Gasteiger partial charge in [-0.25, -0.2) is 4.98 Å². The van der Waals surface area contributed by atoms with E-state index in [0.29, 0.717) is 42.4 Å². The summed E-state index contributed by atoms with van der Waals surface area (Å²) in [5.41, 5.74) is 2.60. The quantitative estimate of drug-likeness (QED) is 0.709. The van der Waals surface area contributed by atoms with Crippen molar-refractivity contribution in [1.29, 1.82) is 0 Å². The third-order valence-electron chi connectivity index (χ3n) is 5.41. The van der Waals surface area contributed by atoms with Crippen molar-refractivity contribution < 1.29 is 14.3 Å². The van der Waals surface area contributed by atoms with Gasteiger partial charge in [-0.1, -0.05) is 33.1 Å². The Kier molecular flexibility index (Phi) is 7.25. The molecule has 3 rings (SSSR count). The first-order chi connectivity index (χ1) is 14.0. The van der Waals surface area contributed by atoms with Crippen LogP contribution >= 0.6 is 0 Å². The van der Waals surface area contributed by atoms with Crippen LogP contribution in [0.3, 0.4) is 0 Å². The van der Waals surface area contributed by atoms with Gasteiger partial charge >= 0.3 is 0 Å². The number of carbonyl (C=O) groups is 2. The zero-order valence-electron chi connectivity index (χ0n) is 17.7. The molecule has 1 aromatic heterocycles. The van der Waals surface area contributed by atoms with Crippen molar-refractivity contribution in [3.05, 3.63) is 24.0 Å². The number of imidazole rings is 1. The second kappa shape index (κ2) is 9.87. The molecular formula is C22H32N4O3. The third-order valence-corrected chi connectivity index (χ3v) is 5.41. The van der Waals surface area contributed by atoms with Gasteiger partial charge in [-0.3, -0.25) is 9.59 Å². The number of ether oxygens (including phenoxy) is 1. The molecule has 1 aliphatic carbocycles. The maximum absolute atomic E-state index is 12.9. The Morgan fingerprint density at radius 1 is 1.24 bits per heavy atom. The molecule has 0 unspecified atom stereocenters. The first-order valence-electron chi connectivity index (χ1n) is 10.6. The molecule has 0 aliphatic heterocycles. The van der Waals surface area contributed by atoms with Crippen molar-refractivity contribution in [3.8, 4) is 0 Å². The summed E-state index contributed by atoms with van der Waals surface area (Å²) in [5.74, 6) is 0.284. The Hall–Kier alpha value is -2.41. The van der Waals surface area contributed by atoms with Crippen LogP contribution in [0.1, 0.15) is 56.3 Å². The van der Waals surface area contributed by atoms with Crippen LogP contribution in [0, 0.1) is 11.8 Å². The van der Waals surface area contributed by atoms with Gasteiger partial charge in [-0.2, -0.15) is 0 Å². The van der Waals surface area contributed by atoms with E-state index in [1.807, 2.05) is 10.6 Å². The van der Waals surface area contributed by atoms with Gasteiger partial charge in [-0.05, 0) is 30.9 Å². The number of fused-ring (bicyclic) bond motifs is 1. The van der Waals surface area contributed by atoms with Crippen LogP contribution in [-0.4, -0.2) is 41.6 Å². The second-order valence-electron chi connectivity index (χ2n) is 8.25. The van der Waals surface area contributed by atoms with E-state index in [2.05, 4.69) is 29.5 Å². The molecule has 158 valence electrons. The van der Waals surface area contributed by atoms with E-state index < -0.39 is 0 Å². The number of carbonyl (C=O) groups excluding carboxylic acids is 2. The number of hydrogen-bond donors (Lipinski definition) is 2. The summed E-state index contributed by atoms with van der Waals surface area (Å²) in [4.78, 5) is 30.1. The minimum Gasteiger partial charge on any atom is -0.383 e. The fraction of sp³-hybridized carbons (Fsp3) is 0.591. The first-order valence-corrected chi connectivity index (χ1v) is 10.6. The van der Waals surface area contributed by atoms with E-state index in [1.54, 1.807) is 19.5 Å². The van der Waals surface area contributed by atoms with Crippen LogP contribution in [0.15, 0.2) is 18.5 Å². The highest BCUT2D eigenvalue weighted by atomic mass is 16.5. The van der Waals surface area contributed by atoms with Crippen molar-refractivity contribution in [1.82, 2.24) is 14.9 Å². The molecule has 1 fully saturated rings. The summed E-state index contributed by atoms with van der Waals surface area (Å²) in [6.45, 7) is 5.83. The Labute approximate surface area is 172 Å². The fourth-order valence-corrected chi connectivity index (χ4v) is 3.81. The smallest absolute Gasteiger partial charge is 0.253 e. The molecule has 0 saturated heterocycles. The maximum atomic E-state index is 12.9. The second-order valence-corrected chi connectivity index (χ2v) is 8.25. The average Bonchev–Trinajstić information content (AvgIpc) is 3.13. The Morgan fingerprint density at radius 2 is 2.00 bits per heavy atom. The number of aromatic nitrogens is 2. The van der Waals surface area contributed by atoms with Gasteiger partial charge in [-0.15, -0.1) is 0 Å². The molecule has 29 heavy (non-hydrogen) atoms. The zero-order chi connectivity index (χ0) is 20.8. The van der Waals surface area contributed by atoms with Crippen LogP contribution in [0.5, 0.6) is 0 Å². The highest BCUT2D eigenvalue weighted by Crippen LogP contribution is 2.27. The van der Waals surface area contributed by atoms with Gasteiger partial charge in [0.25, 0.3) is 5.91 Å². The third kappa shape index (κ3) is 5.35. The predicted molar refractivity (Wildman–Crippen MR) is 114 cm³/mol. The predicted octanol–water partition coefficient (Wildman–Crippen LogP) is 3.59. The van der Waals surface area contributed by atoms with Gasteiger partial charge < -0.3 is 19.9 Å². The molecule has 0 atom stereocenters. The number of anilines is 1. The van der Waals surface area contributed by atoms with E-state index in [1.165, 1.54) is 6.42 Å². The van der Waals surface area contributed by atoms with Gasteiger partial charge in [0.2, 0.25) is 5.91 Å². The lowest BCUT2D eigenvalue weighted by Crippen LogP contribution is -2.28. The van der Waals surface area contributed by atoms with E-state index in [4.69, 9.17) is 4.74 Å². The number of nitrogens with zero attached hydrogens (tertiary/aromatic N) is 2. The molecule has 1 heterocycles. The van der Waals surface area contributed by atoms with Crippen molar-refractivity contribution in [3.63, 3.8) is 0 Å². The minimum atomic E-state index is -0.156. The lowest BCUT2D eigenvalue weighted by atomic mass is 9.88. The van der Waals surface area contributed by atoms with E-state index in [-0.39, 0.29) is 17.7 Å². The molecule has 2 N–H and O–H groups in total. The lowest BCUT2D eigenvalue weighted by molar-refractivity contribution is -0.120. The maximum Gasteiger partial charge on any atom is 0.253 e. The Balaban J connectivity index is 1.90. The summed E-state index contributed by atoms with van der Waals surface area (Å²) < 4.78 is 7.11. The molecule has 0 spiro atoms. The zero-order valence-corrected chi connectivity index (χ0v) is 17.7. The van der Waals surface area contributed by atoms with Gasteiger partial charge in [0.15, 0.2) is 0 Å². The molecule has 1 aromatic carbocycles. The molecule has 1 saturated carbocycles. The Bertz CT molecular complexity index is 853. The number of hydrogen-bond acceptors (Lipinski definition) is 4. The summed E-state index contributed by atoms with van der Waals surface area (Å²) in [6, 6.07) is 3.61. The SMILES string of the molecule is COCCn1cnc2cc(NC(=O)C3CCCCC3)cc(C(=O)NCC(C)C)c21. The van der Waals surface area contributed by atoms with Gasteiger partial charge in [0.05, 0.1) is 29.5 Å². The summed E-state index contributed by atoms with van der Waals surface area (Å²) in [6.07, 6.45) is 6.99.